The Morgan fingerprint density at radius 1 is 1.06 bits per heavy atom. The summed E-state index contributed by atoms with van der Waals surface area (Å²) < 4.78 is 27.6. The third-order valence-electron chi connectivity index (χ3n) is 4.58. The van der Waals surface area contributed by atoms with Crippen LogP contribution < -0.4 is 5.43 Å². The van der Waals surface area contributed by atoms with Crippen molar-refractivity contribution in [3.63, 3.8) is 0 Å². The molecule has 0 aliphatic heterocycles. The third-order valence-corrected chi connectivity index (χ3v) is 6.75. The normalized spacial score (nSPS) is 11.7. The fourth-order valence-electron chi connectivity index (χ4n) is 2.84. The molecule has 166 valence electrons. The summed E-state index contributed by atoms with van der Waals surface area (Å²) in [6.45, 7) is 1.33. The smallest absolute Gasteiger partial charge is 0.255 e. The third kappa shape index (κ3) is 6.16. The molecule has 0 saturated heterocycles. The van der Waals surface area contributed by atoms with E-state index in [4.69, 9.17) is 11.6 Å². The molecule has 0 fully saturated rings. The van der Waals surface area contributed by atoms with Gasteiger partial charge in [0.25, 0.3) is 5.91 Å². The highest BCUT2D eigenvalue weighted by atomic mass is 35.5. The number of phenolic OH excluding ortho intramolecular Hbond substituents is 1. The van der Waals surface area contributed by atoms with Crippen LogP contribution in [0, 0.1) is 6.92 Å². The SMILES string of the molecule is Cc1ccc(S(=O)(=O)N(CC(=O)N/N=C\c2ccc(O)cc2)Cc2ccccc2Cl)cc1. The van der Waals surface area contributed by atoms with Crippen molar-refractivity contribution < 1.29 is 18.3 Å². The highest BCUT2D eigenvalue weighted by Gasteiger charge is 2.27. The van der Waals surface area contributed by atoms with Crippen LogP contribution in [0.2, 0.25) is 5.02 Å². The largest absolute Gasteiger partial charge is 0.508 e. The zero-order valence-electron chi connectivity index (χ0n) is 17.3. The number of hydrogen-bond acceptors (Lipinski definition) is 5. The summed E-state index contributed by atoms with van der Waals surface area (Å²) in [6, 6.07) is 19.5. The Kier molecular flexibility index (Phi) is 7.63. The number of aryl methyl sites for hydroxylation is 1. The van der Waals surface area contributed by atoms with Gasteiger partial charge in [-0.25, -0.2) is 13.8 Å². The Bertz CT molecular complexity index is 1210. The van der Waals surface area contributed by atoms with Gasteiger partial charge in [0.15, 0.2) is 0 Å². The number of nitrogens with one attached hydrogen (secondary N) is 1. The van der Waals surface area contributed by atoms with E-state index in [1.807, 2.05) is 6.92 Å². The number of benzene rings is 3. The highest BCUT2D eigenvalue weighted by molar-refractivity contribution is 7.89. The van der Waals surface area contributed by atoms with Gasteiger partial charge < -0.3 is 5.11 Å². The summed E-state index contributed by atoms with van der Waals surface area (Å²) in [5.74, 6) is -0.495. The molecular weight excluding hydrogens is 450 g/mol. The van der Waals surface area contributed by atoms with E-state index in [-0.39, 0.29) is 17.2 Å². The van der Waals surface area contributed by atoms with E-state index in [0.29, 0.717) is 16.1 Å². The number of sulfonamides is 1. The molecule has 0 spiro atoms. The molecule has 32 heavy (non-hydrogen) atoms. The minimum absolute atomic E-state index is 0.0784. The first-order valence-corrected chi connectivity index (χ1v) is 11.5. The number of carbonyl (C=O) groups is 1. The van der Waals surface area contributed by atoms with Crippen molar-refractivity contribution in [1.82, 2.24) is 9.73 Å². The van der Waals surface area contributed by atoms with Gasteiger partial charge in [0.2, 0.25) is 10.0 Å². The molecular formula is C23H22ClN3O4S. The van der Waals surface area contributed by atoms with Crippen LogP contribution in [-0.2, 0) is 21.4 Å². The van der Waals surface area contributed by atoms with E-state index in [9.17, 15) is 18.3 Å². The van der Waals surface area contributed by atoms with Crippen LogP contribution in [0.25, 0.3) is 0 Å². The van der Waals surface area contributed by atoms with E-state index in [0.717, 1.165) is 9.87 Å². The summed E-state index contributed by atoms with van der Waals surface area (Å²) in [7, 11) is -3.98. The van der Waals surface area contributed by atoms with E-state index < -0.39 is 22.5 Å². The molecule has 7 nitrogen and oxygen atoms in total. The van der Waals surface area contributed by atoms with Crippen LogP contribution in [0.1, 0.15) is 16.7 Å². The minimum atomic E-state index is -3.98. The van der Waals surface area contributed by atoms with Gasteiger partial charge in [-0.1, -0.05) is 47.5 Å². The van der Waals surface area contributed by atoms with Crippen molar-refractivity contribution in [2.45, 2.75) is 18.4 Å². The fraction of sp³-hybridized carbons (Fsp3) is 0.130. The van der Waals surface area contributed by atoms with Crippen LogP contribution in [0.4, 0.5) is 0 Å². The van der Waals surface area contributed by atoms with Gasteiger partial charge >= 0.3 is 0 Å². The molecule has 9 heteroatoms. The highest BCUT2D eigenvalue weighted by Crippen LogP contribution is 2.22. The molecule has 3 aromatic carbocycles. The zero-order chi connectivity index (χ0) is 23.1. The molecule has 0 atom stereocenters. The Morgan fingerprint density at radius 2 is 1.72 bits per heavy atom. The quantitative estimate of drug-likeness (QED) is 0.386. The van der Waals surface area contributed by atoms with Crippen molar-refractivity contribution >= 4 is 33.7 Å². The van der Waals surface area contributed by atoms with Crippen molar-refractivity contribution in [2.24, 2.45) is 5.10 Å². The number of rotatable bonds is 8. The molecule has 2 N–H and O–H groups in total. The number of aromatic hydroxyl groups is 1. The van der Waals surface area contributed by atoms with Gasteiger partial charge in [-0.05, 0) is 60.5 Å². The molecule has 0 heterocycles. The first kappa shape index (κ1) is 23.5. The fourth-order valence-corrected chi connectivity index (χ4v) is 4.41. The summed E-state index contributed by atoms with van der Waals surface area (Å²) >= 11 is 6.22. The first-order chi connectivity index (χ1) is 15.3. The number of hydrazone groups is 1. The predicted molar refractivity (Wildman–Crippen MR) is 124 cm³/mol. The van der Waals surface area contributed by atoms with Crippen LogP contribution >= 0.6 is 11.6 Å². The van der Waals surface area contributed by atoms with Gasteiger partial charge in [-0.2, -0.15) is 9.41 Å². The van der Waals surface area contributed by atoms with E-state index in [2.05, 4.69) is 10.5 Å². The van der Waals surface area contributed by atoms with Gasteiger partial charge in [-0.15, -0.1) is 0 Å². The summed E-state index contributed by atoms with van der Waals surface area (Å²) in [6.07, 6.45) is 1.39. The van der Waals surface area contributed by atoms with Gasteiger partial charge in [0.1, 0.15) is 5.75 Å². The standard InChI is InChI=1S/C23H22ClN3O4S/c1-17-6-12-21(13-7-17)32(30,31)27(15-19-4-2-3-5-22(19)24)16-23(29)26-25-14-18-8-10-20(28)11-9-18/h2-14,28H,15-16H2,1H3,(H,26,29)/b25-14-. The maximum Gasteiger partial charge on any atom is 0.255 e. The van der Waals surface area contributed by atoms with Gasteiger partial charge in [0, 0.05) is 11.6 Å². The second-order valence-electron chi connectivity index (χ2n) is 7.06. The lowest BCUT2D eigenvalue weighted by Gasteiger charge is -2.22. The molecule has 0 bridgehead atoms. The van der Waals surface area contributed by atoms with Crippen LogP contribution in [0.3, 0.4) is 0 Å². The zero-order valence-corrected chi connectivity index (χ0v) is 18.8. The van der Waals surface area contributed by atoms with E-state index >= 15 is 0 Å². The molecule has 1 amide bonds. The Balaban J connectivity index is 1.80. The molecule has 3 aromatic rings. The Morgan fingerprint density at radius 3 is 2.38 bits per heavy atom. The predicted octanol–water partition coefficient (Wildman–Crippen LogP) is 3.70. The van der Waals surface area contributed by atoms with Gasteiger partial charge in [0.05, 0.1) is 17.7 Å². The van der Waals surface area contributed by atoms with Crippen LogP contribution in [0.5, 0.6) is 5.75 Å². The number of hydrogen-bond donors (Lipinski definition) is 2. The lowest BCUT2D eigenvalue weighted by molar-refractivity contribution is -0.121. The maximum atomic E-state index is 13.3. The lowest BCUT2D eigenvalue weighted by atomic mass is 10.2. The maximum absolute atomic E-state index is 13.3. The lowest BCUT2D eigenvalue weighted by Crippen LogP contribution is -2.39. The summed E-state index contributed by atoms with van der Waals surface area (Å²) in [5.41, 5.74) is 4.49. The minimum Gasteiger partial charge on any atom is -0.508 e. The van der Waals surface area contributed by atoms with Crippen molar-refractivity contribution in [3.8, 4) is 5.75 Å². The number of carbonyl (C=O) groups excluding carboxylic acids is 1. The molecule has 3 rings (SSSR count). The Hall–Kier alpha value is -3.20. The molecule has 0 unspecified atom stereocenters. The topological polar surface area (TPSA) is 99.1 Å². The van der Waals surface area contributed by atoms with Crippen LogP contribution in [0.15, 0.2) is 82.8 Å². The van der Waals surface area contributed by atoms with Crippen molar-refractivity contribution in [1.29, 1.82) is 0 Å². The van der Waals surface area contributed by atoms with Crippen molar-refractivity contribution in [2.75, 3.05) is 6.54 Å². The monoisotopic (exact) mass is 471 g/mol. The molecule has 0 radical (unpaired) electrons. The summed E-state index contributed by atoms with van der Waals surface area (Å²) in [5, 5.41) is 13.6. The van der Waals surface area contributed by atoms with E-state index in [1.165, 1.54) is 30.5 Å². The second kappa shape index (κ2) is 10.4. The molecule has 0 aliphatic rings. The van der Waals surface area contributed by atoms with E-state index in [1.54, 1.807) is 48.5 Å². The average molecular weight is 472 g/mol. The number of halogens is 1. The second-order valence-corrected chi connectivity index (χ2v) is 9.41. The average Bonchev–Trinajstić information content (AvgIpc) is 2.76. The molecule has 0 aliphatic carbocycles. The molecule has 0 aromatic heterocycles. The first-order valence-electron chi connectivity index (χ1n) is 9.67. The number of amides is 1. The van der Waals surface area contributed by atoms with Crippen molar-refractivity contribution in [3.05, 3.63) is 94.5 Å². The number of nitrogens with zero attached hydrogens (tertiary/aromatic N) is 2. The Labute approximate surface area is 192 Å². The molecule has 0 saturated carbocycles. The number of phenols is 1. The summed E-state index contributed by atoms with van der Waals surface area (Å²) in [4.78, 5) is 12.6. The van der Waals surface area contributed by atoms with Crippen LogP contribution in [-0.4, -0.2) is 36.5 Å². The van der Waals surface area contributed by atoms with Gasteiger partial charge in [-0.3, -0.25) is 4.79 Å².